The molecule has 1 aromatic carbocycles. The van der Waals surface area contributed by atoms with Gasteiger partial charge in [-0.25, -0.2) is 4.98 Å². The van der Waals surface area contributed by atoms with E-state index in [9.17, 15) is 4.79 Å². The van der Waals surface area contributed by atoms with Crippen molar-refractivity contribution in [3.05, 3.63) is 46.7 Å². The lowest BCUT2D eigenvalue weighted by molar-refractivity contribution is -0.121. The summed E-state index contributed by atoms with van der Waals surface area (Å²) in [5, 5.41) is 9.91. The molecule has 3 aromatic rings. The molecular formula is C26H35N5OS. The number of anilines is 2. The van der Waals surface area contributed by atoms with Crippen molar-refractivity contribution in [3.8, 4) is 0 Å². The van der Waals surface area contributed by atoms with Crippen LogP contribution < -0.4 is 15.5 Å². The van der Waals surface area contributed by atoms with E-state index in [0.29, 0.717) is 24.3 Å². The highest BCUT2D eigenvalue weighted by Gasteiger charge is 2.22. The molecule has 1 fully saturated rings. The van der Waals surface area contributed by atoms with Crippen molar-refractivity contribution in [2.45, 2.75) is 57.4 Å². The van der Waals surface area contributed by atoms with Crippen LogP contribution in [-0.2, 0) is 11.2 Å². The van der Waals surface area contributed by atoms with E-state index in [1.165, 1.54) is 4.88 Å². The number of aryl methyl sites for hydroxylation is 1. The lowest BCUT2D eigenvalue weighted by Crippen LogP contribution is -2.34. The van der Waals surface area contributed by atoms with Gasteiger partial charge in [0.1, 0.15) is 5.82 Å². The number of rotatable bonds is 10. The lowest BCUT2D eigenvalue weighted by Gasteiger charge is -2.29. The molecule has 1 aliphatic carbocycles. The molecule has 1 saturated carbocycles. The van der Waals surface area contributed by atoms with Gasteiger partial charge in [-0.05, 0) is 74.4 Å². The fourth-order valence-electron chi connectivity index (χ4n) is 4.54. The highest BCUT2D eigenvalue weighted by atomic mass is 32.1. The number of benzene rings is 1. The molecule has 0 unspecified atom stereocenters. The number of carbonyl (C=O) groups is 1. The SMILES string of the molecule is CN(C)c1nc(NC2CCC(CNC(=O)CCCCc3cccs3)CC2)nc2ccccc12. The van der Waals surface area contributed by atoms with E-state index in [2.05, 4.69) is 34.2 Å². The first-order valence-corrected chi connectivity index (χ1v) is 13.0. The fraction of sp³-hybridized carbons (Fsp3) is 0.500. The third-order valence-electron chi connectivity index (χ3n) is 6.43. The third-order valence-corrected chi connectivity index (χ3v) is 7.37. The summed E-state index contributed by atoms with van der Waals surface area (Å²) in [4.78, 5) is 25.2. The van der Waals surface area contributed by atoms with Gasteiger partial charge >= 0.3 is 0 Å². The van der Waals surface area contributed by atoms with E-state index in [4.69, 9.17) is 9.97 Å². The zero-order valence-electron chi connectivity index (χ0n) is 19.7. The molecule has 1 amide bonds. The number of fused-ring (bicyclic) bond motifs is 1. The molecular weight excluding hydrogens is 430 g/mol. The Morgan fingerprint density at radius 3 is 2.64 bits per heavy atom. The molecule has 176 valence electrons. The van der Waals surface area contributed by atoms with Crippen molar-refractivity contribution in [2.24, 2.45) is 5.92 Å². The predicted octanol–water partition coefficient (Wildman–Crippen LogP) is 5.26. The van der Waals surface area contributed by atoms with Crippen LogP contribution in [0.4, 0.5) is 11.8 Å². The smallest absolute Gasteiger partial charge is 0.225 e. The summed E-state index contributed by atoms with van der Waals surface area (Å²) in [5.41, 5.74) is 0.963. The number of unbranched alkanes of at least 4 members (excludes halogenated alkanes) is 1. The Morgan fingerprint density at radius 2 is 1.88 bits per heavy atom. The summed E-state index contributed by atoms with van der Waals surface area (Å²) < 4.78 is 0. The second-order valence-corrected chi connectivity index (χ2v) is 10.3. The Hall–Kier alpha value is -2.67. The summed E-state index contributed by atoms with van der Waals surface area (Å²) >= 11 is 1.80. The summed E-state index contributed by atoms with van der Waals surface area (Å²) in [6.07, 6.45) is 8.14. The van der Waals surface area contributed by atoms with E-state index in [1.54, 1.807) is 11.3 Å². The van der Waals surface area contributed by atoms with Gasteiger partial charge in [-0.2, -0.15) is 4.98 Å². The van der Waals surface area contributed by atoms with Crippen molar-refractivity contribution in [1.29, 1.82) is 0 Å². The average molecular weight is 466 g/mol. The normalized spacial score (nSPS) is 18.2. The quantitative estimate of drug-likeness (QED) is 0.400. The molecule has 0 saturated heterocycles. The standard InChI is InChI=1S/C26H35N5OS/c1-31(2)25-22-10-4-5-11-23(22)29-26(30-25)28-20-15-13-19(14-16-20)18-27-24(32)12-6-3-8-21-9-7-17-33-21/h4-5,7,9-11,17,19-20H,3,6,8,12-16,18H2,1-2H3,(H,27,32)(H,28,29,30). The highest BCUT2D eigenvalue weighted by molar-refractivity contribution is 7.09. The third kappa shape index (κ3) is 6.67. The molecule has 0 radical (unpaired) electrons. The summed E-state index contributed by atoms with van der Waals surface area (Å²) in [7, 11) is 4.03. The first-order valence-electron chi connectivity index (χ1n) is 12.1. The number of thiophene rings is 1. The van der Waals surface area contributed by atoms with Crippen molar-refractivity contribution in [1.82, 2.24) is 15.3 Å². The van der Waals surface area contributed by atoms with E-state index in [1.807, 2.05) is 37.2 Å². The first kappa shape index (κ1) is 23.5. The van der Waals surface area contributed by atoms with Crippen LogP contribution in [-0.4, -0.2) is 42.6 Å². The van der Waals surface area contributed by atoms with Crippen molar-refractivity contribution < 1.29 is 4.79 Å². The van der Waals surface area contributed by atoms with Gasteiger partial charge in [-0.1, -0.05) is 18.2 Å². The van der Waals surface area contributed by atoms with Crippen molar-refractivity contribution in [3.63, 3.8) is 0 Å². The molecule has 2 aromatic heterocycles. The zero-order chi connectivity index (χ0) is 23.0. The minimum atomic E-state index is 0.196. The van der Waals surface area contributed by atoms with E-state index in [-0.39, 0.29) is 5.91 Å². The Bertz CT molecular complexity index is 1030. The second kappa shape index (κ2) is 11.5. The molecule has 33 heavy (non-hydrogen) atoms. The summed E-state index contributed by atoms with van der Waals surface area (Å²) in [6, 6.07) is 12.8. The Balaban J connectivity index is 1.18. The molecule has 7 heteroatoms. The van der Waals surface area contributed by atoms with Crippen molar-refractivity contribution >= 4 is 39.9 Å². The molecule has 0 spiro atoms. The molecule has 0 atom stereocenters. The maximum absolute atomic E-state index is 12.2. The van der Waals surface area contributed by atoms with Crippen LogP contribution >= 0.6 is 11.3 Å². The van der Waals surface area contributed by atoms with E-state index < -0.39 is 0 Å². The summed E-state index contributed by atoms with van der Waals surface area (Å²) in [5.74, 6) is 2.40. The van der Waals surface area contributed by atoms with E-state index in [0.717, 1.165) is 68.2 Å². The number of aromatic nitrogens is 2. The number of nitrogens with zero attached hydrogens (tertiary/aromatic N) is 3. The van der Waals surface area contributed by atoms with Crippen LogP contribution in [0.1, 0.15) is 49.8 Å². The van der Waals surface area contributed by atoms with Gasteiger partial charge in [0.15, 0.2) is 0 Å². The molecule has 1 aliphatic rings. The number of hydrogen-bond acceptors (Lipinski definition) is 6. The van der Waals surface area contributed by atoms with Gasteiger partial charge < -0.3 is 15.5 Å². The largest absolute Gasteiger partial charge is 0.362 e. The molecule has 0 aliphatic heterocycles. The van der Waals surface area contributed by atoms with Gasteiger partial charge in [0.05, 0.1) is 5.52 Å². The van der Waals surface area contributed by atoms with Crippen molar-refractivity contribution in [2.75, 3.05) is 30.9 Å². The van der Waals surface area contributed by atoms with Gasteiger partial charge in [0.2, 0.25) is 11.9 Å². The minimum absolute atomic E-state index is 0.196. The van der Waals surface area contributed by atoms with Crippen LogP contribution in [0.5, 0.6) is 0 Å². The van der Waals surface area contributed by atoms with Crippen LogP contribution in [0.3, 0.4) is 0 Å². The molecule has 6 nitrogen and oxygen atoms in total. The van der Waals surface area contributed by atoms with E-state index >= 15 is 0 Å². The average Bonchev–Trinajstić information content (AvgIpc) is 3.34. The molecule has 4 rings (SSSR count). The van der Waals surface area contributed by atoms with Gasteiger partial charge in [0, 0.05) is 43.4 Å². The monoisotopic (exact) mass is 465 g/mol. The lowest BCUT2D eigenvalue weighted by atomic mass is 9.86. The fourth-order valence-corrected chi connectivity index (χ4v) is 5.30. The molecule has 0 bridgehead atoms. The molecule has 2 heterocycles. The van der Waals surface area contributed by atoms with Crippen LogP contribution in [0.2, 0.25) is 0 Å². The topological polar surface area (TPSA) is 70.2 Å². The zero-order valence-corrected chi connectivity index (χ0v) is 20.5. The number of nitrogens with one attached hydrogen (secondary N) is 2. The van der Waals surface area contributed by atoms with Gasteiger partial charge in [0.25, 0.3) is 0 Å². The number of hydrogen-bond donors (Lipinski definition) is 2. The summed E-state index contributed by atoms with van der Waals surface area (Å²) in [6.45, 7) is 0.799. The maximum atomic E-state index is 12.2. The Morgan fingerprint density at radius 1 is 1.06 bits per heavy atom. The predicted molar refractivity (Wildman–Crippen MR) is 138 cm³/mol. The number of carbonyl (C=O) groups excluding carboxylic acids is 1. The second-order valence-electron chi connectivity index (χ2n) is 9.23. The number of amides is 1. The Kier molecular flexibility index (Phi) is 8.15. The molecule has 2 N–H and O–H groups in total. The number of para-hydroxylation sites is 1. The first-order chi connectivity index (χ1) is 16.1. The van der Waals surface area contributed by atoms with Crippen LogP contribution in [0, 0.1) is 5.92 Å². The van der Waals surface area contributed by atoms with Crippen LogP contribution in [0.15, 0.2) is 41.8 Å². The van der Waals surface area contributed by atoms with Gasteiger partial charge in [-0.15, -0.1) is 11.3 Å². The Labute approximate surface area is 200 Å². The van der Waals surface area contributed by atoms with Gasteiger partial charge in [-0.3, -0.25) is 4.79 Å². The highest BCUT2D eigenvalue weighted by Crippen LogP contribution is 2.28. The minimum Gasteiger partial charge on any atom is -0.362 e. The maximum Gasteiger partial charge on any atom is 0.225 e. The van der Waals surface area contributed by atoms with Crippen LogP contribution in [0.25, 0.3) is 10.9 Å².